The van der Waals surface area contributed by atoms with Gasteiger partial charge in [0.1, 0.15) is 0 Å². The van der Waals surface area contributed by atoms with E-state index in [0.29, 0.717) is 0 Å². The van der Waals surface area contributed by atoms with Crippen molar-refractivity contribution < 1.29 is 9.90 Å². The molecule has 21 heavy (non-hydrogen) atoms. The molecule has 110 valence electrons. The number of aliphatic hydroxyl groups excluding tert-OH is 1. The summed E-state index contributed by atoms with van der Waals surface area (Å²) in [5, 5.41) is 12.9. The molecule has 0 spiro atoms. The molecule has 0 aliphatic rings. The maximum absolute atomic E-state index is 11.9. The summed E-state index contributed by atoms with van der Waals surface area (Å²) >= 11 is 0. The number of para-hydroxylation sites is 1. The summed E-state index contributed by atoms with van der Waals surface area (Å²) in [5.74, 6) is -0.397. The van der Waals surface area contributed by atoms with Crippen LogP contribution in [-0.4, -0.2) is 31.2 Å². The fourth-order valence-electron chi connectivity index (χ4n) is 2.38. The lowest BCUT2D eigenvalue weighted by molar-refractivity contribution is -0.129. The summed E-state index contributed by atoms with van der Waals surface area (Å²) in [7, 11) is 3.40. The number of anilines is 1. The number of aliphatic hydroxyl groups is 1. The molecule has 2 rings (SSSR count). The zero-order valence-electron chi connectivity index (χ0n) is 12.2. The maximum Gasteiger partial charge on any atom is 0.251 e. The molecule has 0 radical (unpaired) electrons. The minimum atomic E-state index is -1.15. The number of amides is 1. The van der Waals surface area contributed by atoms with Gasteiger partial charge in [-0.2, -0.15) is 0 Å². The monoisotopic (exact) mass is 284 g/mol. The predicted octanol–water partition coefficient (Wildman–Crippen LogP) is 1.97. The normalized spacial score (nSPS) is 13.3. The zero-order chi connectivity index (χ0) is 15.2. The fourth-order valence-corrected chi connectivity index (χ4v) is 2.38. The van der Waals surface area contributed by atoms with Crippen LogP contribution in [0.5, 0.6) is 0 Å². The van der Waals surface area contributed by atoms with E-state index < -0.39 is 18.1 Å². The second-order valence-corrected chi connectivity index (χ2v) is 4.86. The molecule has 0 heterocycles. The van der Waals surface area contributed by atoms with E-state index in [1.807, 2.05) is 72.6 Å². The second kappa shape index (κ2) is 6.90. The van der Waals surface area contributed by atoms with Gasteiger partial charge < -0.3 is 15.3 Å². The van der Waals surface area contributed by atoms with E-state index in [1.54, 1.807) is 0 Å². The highest BCUT2D eigenvalue weighted by Crippen LogP contribution is 2.28. The molecule has 0 saturated carbocycles. The first-order chi connectivity index (χ1) is 10.1. The van der Waals surface area contributed by atoms with Crippen LogP contribution in [0.25, 0.3) is 0 Å². The van der Waals surface area contributed by atoms with Crippen molar-refractivity contribution in [3.63, 3.8) is 0 Å². The molecule has 0 bridgehead atoms. The highest BCUT2D eigenvalue weighted by Gasteiger charge is 2.30. The van der Waals surface area contributed by atoms with Crippen molar-refractivity contribution in [2.24, 2.45) is 0 Å². The van der Waals surface area contributed by atoms with Gasteiger partial charge in [0.25, 0.3) is 5.91 Å². The van der Waals surface area contributed by atoms with E-state index in [1.165, 1.54) is 7.05 Å². The number of carbonyl (C=O) groups excluding carboxylic acids is 1. The van der Waals surface area contributed by atoms with Crippen molar-refractivity contribution in [3.05, 3.63) is 66.2 Å². The minimum absolute atomic E-state index is 0.397. The third kappa shape index (κ3) is 3.41. The Morgan fingerprint density at radius 3 is 2.10 bits per heavy atom. The van der Waals surface area contributed by atoms with Gasteiger partial charge in [-0.3, -0.25) is 4.79 Å². The SMILES string of the molecule is CNC(=O)[C@@H](O)[C@H](c1ccccc1)N(C)c1ccccc1. The molecule has 2 N–H and O–H groups in total. The summed E-state index contributed by atoms with van der Waals surface area (Å²) in [5.41, 5.74) is 1.83. The van der Waals surface area contributed by atoms with Gasteiger partial charge in [0, 0.05) is 19.8 Å². The van der Waals surface area contributed by atoms with Gasteiger partial charge in [0.2, 0.25) is 0 Å². The molecule has 0 aliphatic carbocycles. The summed E-state index contributed by atoms with van der Waals surface area (Å²) in [6.07, 6.45) is -1.15. The van der Waals surface area contributed by atoms with E-state index in [2.05, 4.69) is 5.32 Å². The third-order valence-corrected chi connectivity index (χ3v) is 3.54. The molecule has 0 aromatic heterocycles. The van der Waals surface area contributed by atoms with Crippen LogP contribution in [0.1, 0.15) is 11.6 Å². The molecule has 2 atom stereocenters. The average Bonchev–Trinajstić information content (AvgIpc) is 2.56. The topological polar surface area (TPSA) is 52.6 Å². The molecular formula is C17H20N2O2. The Kier molecular flexibility index (Phi) is 4.95. The molecule has 0 unspecified atom stereocenters. The second-order valence-electron chi connectivity index (χ2n) is 4.86. The van der Waals surface area contributed by atoms with Gasteiger partial charge in [0.15, 0.2) is 6.10 Å². The molecular weight excluding hydrogens is 264 g/mol. The number of likely N-dealkylation sites (N-methyl/N-ethyl adjacent to an activating group) is 2. The molecule has 1 amide bonds. The van der Waals surface area contributed by atoms with Crippen LogP contribution in [0.15, 0.2) is 60.7 Å². The predicted molar refractivity (Wildman–Crippen MR) is 84.1 cm³/mol. The lowest BCUT2D eigenvalue weighted by Gasteiger charge is -2.33. The Hall–Kier alpha value is -2.33. The van der Waals surface area contributed by atoms with Crippen LogP contribution in [0.4, 0.5) is 5.69 Å². The summed E-state index contributed by atoms with van der Waals surface area (Å²) in [6.45, 7) is 0. The Bertz CT molecular complexity index is 572. The van der Waals surface area contributed by atoms with E-state index in [4.69, 9.17) is 0 Å². The maximum atomic E-state index is 11.9. The van der Waals surface area contributed by atoms with Gasteiger partial charge in [-0.05, 0) is 17.7 Å². The number of carbonyl (C=O) groups is 1. The van der Waals surface area contributed by atoms with Crippen molar-refractivity contribution in [1.29, 1.82) is 0 Å². The van der Waals surface area contributed by atoms with Crippen LogP contribution < -0.4 is 10.2 Å². The molecule has 2 aromatic rings. The Labute approximate surface area is 125 Å². The third-order valence-electron chi connectivity index (χ3n) is 3.54. The number of benzene rings is 2. The van der Waals surface area contributed by atoms with Crippen molar-refractivity contribution in [2.75, 3.05) is 19.0 Å². The molecule has 0 aliphatic heterocycles. The van der Waals surface area contributed by atoms with Crippen molar-refractivity contribution in [3.8, 4) is 0 Å². The molecule has 4 nitrogen and oxygen atoms in total. The van der Waals surface area contributed by atoms with Crippen LogP contribution in [0, 0.1) is 0 Å². The highest BCUT2D eigenvalue weighted by atomic mass is 16.3. The van der Waals surface area contributed by atoms with Crippen LogP contribution in [0.3, 0.4) is 0 Å². The van der Waals surface area contributed by atoms with Crippen LogP contribution in [0.2, 0.25) is 0 Å². The van der Waals surface area contributed by atoms with Crippen molar-refractivity contribution in [1.82, 2.24) is 5.32 Å². The Morgan fingerprint density at radius 1 is 1.05 bits per heavy atom. The van der Waals surface area contributed by atoms with Crippen LogP contribution >= 0.6 is 0 Å². The van der Waals surface area contributed by atoms with Gasteiger partial charge in [0.05, 0.1) is 6.04 Å². The van der Waals surface area contributed by atoms with Crippen molar-refractivity contribution in [2.45, 2.75) is 12.1 Å². The lowest BCUT2D eigenvalue weighted by Crippen LogP contribution is -2.43. The van der Waals surface area contributed by atoms with Crippen molar-refractivity contribution >= 4 is 11.6 Å². The van der Waals surface area contributed by atoms with Crippen LogP contribution in [-0.2, 0) is 4.79 Å². The first-order valence-corrected chi connectivity index (χ1v) is 6.87. The van der Waals surface area contributed by atoms with E-state index in [-0.39, 0.29) is 0 Å². The van der Waals surface area contributed by atoms with Gasteiger partial charge >= 0.3 is 0 Å². The Balaban J connectivity index is 2.39. The summed E-state index contributed by atoms with van der Waals surface area (Å²) < 4.78 is 0. The summed E-state index contributed by atoms with van der Waals surface area (Å²) in [4.78, 5) is 13.8. The Morgan fingerprint density at radius 2 is 1.57 bits per heavy atom. The lowest BCUT2D eigenvalue weighted by atomic mass is 9.98. The first kappa shape index (κ1) is 15.1. The van der Waals surface area contributed by atoms with Gasteiger partial charge in [-0.1, -0.05) is 48.5 Å². The number of hydrogen-bond donors (Lipinski definition) is 2. The fraction of sp³-hybridized carbons (Fsp3) is 0.235. The number of rotatable bonds is 5. The van der Waals surface area contributed by atoms with Gasteiger partial charge in [-0.15, -0.1) is 0 Å². The first-order valence-electron chi connectivity index (χ1n) is 6.87. The van der Waals surface area contributed by atoms with E-state index in [0.717, 1.165) is 11.3 Å². The largest absolute Gasteiger partial charge is 0.381 e. The molecule has 0 saturated heterocycles. The van der Waals surface area contributed by atoms with Gasteiger partial charge in [-0.25, -0.2) is 0 Å². The number of hydrogen-bond acceptors (Lipinski definition) is 3. The average molecular weight is 284 g/mol. The smallest absolute Gasteiger partial charge is 0.251 e. The molecule has 0 fully saturated rings. The molecule has 4 heteroatoms. The van der Waals surface area contributed by atoms with E-state index in [9.17, 15) is 9.90 Å². The minimum Gasteiger partial charge on any atom is -0.381 e. The number of nitrogens with zero attached hydrogens (tertiary/aromatic N) is 1. The number of nitrogens with one attached hydrogen (secondary N) is 1. The zero-order valence-corrected chi connectivity index (χ0v) is 12.2. The summed E-state index contributed by atoms with van der Waals surface area (Å²) in [6, 6.07) is 18.8. The molecule has 2 aromatic carbocycles. The quantitative estimate of drug-likeness (QED) is 0.882. The highest BCUT2D eigenvalue weighted by molar-refractivity contribution is 5.82. The standard InChI is InChI=1S/C17H20N2O2/c1-18-17(21)16(20)15(13-9-5-3-6-10-13)19(2)14-11-7-4-8-12-14/h3-12,15-16,20H,1-2H3,(H,18,21)/t15-,16-/m0/s1. The van der Waals surface area contributed by atoms with E-state index >= 15 is 0 Å².